The molecule has 0 bridgehead atoms. The average molecular weight is 552 g/mol. The number of aryl methyl sites for hydroxylation is 1. The van der Waals surface area contributed by atoms with Crippen LogP contribution in [-0.2, 0) is 7.05 Å². The third-order valence-corrected chi connectivity index (χ3v) is 6.44. The number of benzene rings is 2. The molecule has 0 aliphatic rings. The third-order valence-electron chi connectivity index (χ3n) is 4.80. The molecular formula is C19H11F2IN6O2S. The maximum Gasteiger partial charge on any atom is 0.261 e. The fraction of sp³-hybridized carbons (Fsp3) is 0.0526. The van der Waals surface area contributed by atoms with Crippen molar-refractivity contribution in [3.8, 4) is 11.4 Å². The Balaban J connectivity index is 1.51. The lowest BCUT2D eigenvalue weighted by Crippen LogP contribution is -2.16. The van der Waals surface area contributed by atoms with Crippen LogP contribution >= 0.6 is 30.1 Å². The van der Waals surface area contributed by atoms with Gasteiger partial charge in [-0.3, -0.25) is 14.6 Å². The van der Waals surface area contributed by atoms with E-state index in [0.29, 0.717) is 33.1 Å². The number of H-pyrrole nitrogens is 1. The number of nitrogens with zero attached hydrogens (tertiary/aromatic N) is 4. The molecule has 0 aliphatic heterocycles. The molecule has 12 heteroatoms. The molecule has 5 rings (SSSR count). The van der Waals surface area contributed by atoms with E-state index < -0.39 is 23.1 Å². The second-order valence-corrected chi connectivity index (χ2v) is 8.52. The van der Waals surface area contributed by atoms with Crippen LogP contribution in [0.2, 0.25) is 0 Å². The Morgan fingerprint density at radius 1 is 1.26 bits per heavy atom. The fourth-order valence-electron chi connectivity index (χ4n) is 3.31. The van der Waals surface area contributed by atoms with Gasteiger partial charge in [0.25, 0.3) is 5.91 Å². The maximum atomic E-state index is 14.8. The molecule has 3 aromatic heterocycles. The van der Waals surface area contributed by atoms with Gasteiger partial charge in [0.15, 0.2) is 0 Å². The second-order valence-electron chi connectivity index (χ2n) is 6.64. The Hall–Kier alpha value is -3.00. The van der Waals surface area contributed by atoms with Gasteiger partial charge in [-0.25, -0.2) is 8.78 Å². The van der Waals surface area contributed by atoms with Gasteiger partial charge in [0.1, 0.15) is 28.6 Å². The van der Waals surface area contributed by atoms with Crippen LogP contribution < -0.4 is 5.32 Å². The van der Waals surface area contributed by atoms with E-state index in [0.717, 1.165) is 6.07 Å². The zero-order valence-corrected chi connectivity index (χ0v) is 18.6. The minimum Gasteiger partial charge on any atom is -0.348 e. The van der Waals surface area contributed by atoms with Crippen molar-refractivity contribution in [2.45, 2.75) is 5.09 Å². The summed E-state index contributed by atoms with van der Waals surface area (Å²) in [6, 6.07) is 7.79. The van der Waals surface area contributed by atoms with E-state index in [4.69, 9.17) is 4.52 Å². The van der Waals surface area contributed by atoms with Crippen molar-refractivity contribution < 1.29 is 18.1 Å². The number of hydrogen-bond donors (Lipinski definition) is 2. The molecule has 3 heterocycles. The van der Waals surface area contributed by atoms with Crippen LogP contribution in [0.4, 0.5) is 14.5 Å². The highest BCUT2D eigenvalue weighted by molar-refractivity contribution is 14.2. The number of anilines is 1. The largest absolute Gasteiger partial charge is 0.348 e. The normalized spacial score (nSPS) is 11.5. The minimum atomic E-state index is -0.970. The van der Waals surface area contributed by atoms with E-state index >= 15 is 0 Å². The van der Waals surface area contributed by atoms with Crippen molar-refractivity contribution in [1.29, 1.82) is 0 Å². The van der Waals surface area contributed by atoms with E-state index in [1.807, 2.05) is 0 Å². The standard InChI is InChI=1S/C19H11F2IN6O2S/c1-28-14-5-11(20)16(17(21)10(14)7-23-28)19(29)24-8-2-3-12-9(4-8)18(26-25-12)13-6-15(31-22)30-27-13/h2-7H,1H3,(H,24,29)(H,25,26). The van der Waals surface area contributed by atoms with Crippen molar-refractivity contribution in [2.75, 3.05) is 5.32 Å². The SMILES string of the molecule is Cn1ncc2c(F)c(C(=O)Nc3ccc4[nH]nc(-c5cc(SI)on5)c4c3)c(F)cc21. The highest BCUT2D eigenvalue weighted by Crippen LogP contribution is 2.33. The monoisotopic (exact) mass is 552 g/mol. The first kappa shape index (κ1) is 19.9. The van der Waals surface area contributed by atoms with Gasteiger partial charge in [0, 0.05) is 51.5 Å². The molecule has 0 spiro atoms. The Bertz CT molecular complexity index is 1480. The molecule has 5 aromatic rings. The smallest absolute Gasteiger partial charge is 0.261 e. The van der Waals surface area contributed by atoms with Crippen LogP contribution in [-0.4, -0.2) is 31.0 Å². The molecule has 0 saturated heterocycles. The number of halogens is 3. The summed E-state index contributed by atoms with van der Waals surface area (Å²) in [5.74, 6) is -2.84. The summed E-state index contributed by atoms with van der Waals surface area (Å²) in [6.45, 7) is 0. The predicted octanol–water partition coefficient (Wildman–Crippen LogP) is 5.08. The average Bonchev–Trinajstić information content (AvgIpc) is 3.46. The van der Waals surface area contributed by atoms with Crippen LogP contribution in [0.15, 0.2) is 46.1 Å². The highest BCUT2D eigenvalue weighted by atomic mass is 127. The predicted molar refractivity (Wildman–Crippen MR) is 120 cm³/mol. The molecule has 2 aromatic carbocycles. The number of aromatic nitrogens is 5. The number of amides is 1. The van der Waals surface area contributed by atoms with Crippen molar-refractivity contribution in [3.63, 3.8) is 0 Å². The summed E-state index contributed by atoms with van der Waals surface area (Å²) in [6.07, 6.45) is 1.25. The van der Waals surface area contributed by atoms with E-state index in [1.165, 1.54) is 19.8 Å². The lowest BCUT2D eigenvalue weighted by atomic mass is 10.1. The Labute approximate surface area is 188 Å². The van der Waals surface area contributed by atoms with Gasteiger partial charge in [-0.15, -0.1) is 0 Å². The van der Waals surface area contributed by atoms with Crippen LogP contribution in [0.25, 0.3) is 33.2 Å². The van der Waals surface area contributed by atoms with Gasteiger partial charge in [-0.05, 0) is 27.1 Å². The van der Waals surface area contributed by atoms with Crippen molar-refractivity contribution >= 4 is 63.5 Å². The highest BCUT2D eigenvalue weighted by Gasteiger charge is 2.23. The van der Waals surface area contributed by atoms with Crippen molar-refractivity contribution in [3.05, 3.63) is 53.7 Å². The number of fused-ring (bicyclic) bond motifs is 2. The molecule has 0 fully saturated rings. The number of aromatic amines is 1. The zero-order valence-electron chi connectivity index (χ0n) is 15.6. The molecular weight excluding hydrogens is 541 g/mol. The summed E-state index contributed by atoms with van der Waals surface area (Å²) in [5.41, 5.74) is 1.68. The molecule has 0 unspecified atom stereocenters. The van der Waals surface area contributed by atoms with Gasteiger partial charge in [0.2, 0.25) is 5.09 Å². The summed E-state index contributed by atoms with van der Waals surface area (Å²) >= 11 is 2.08. The molecule has 2 N–H and O–H groups in total. The van der Waals surface area contributed by atoms with Gasteiger partial charge < -0.3 is 9.84 Å². The van der Waals surface area contributed by atoms with Crippen LogP contribution in [0.1, 0.15) is 10.4 Å². The Kier molecular flexibility index (Phi) is 4.89. The van der Waals surface area contributed by atoms with Crippen molar-refractivity contribution in [2.24, 2.45) is 7.05 Å². The molecule has 1 amide bonds. The van der Waals surface area contributed by atoms with E-state index in [9.17, 15) is 13.6 Å². The summed E-state index contributed by atoms with van der Waals surface area (Å²) in [4.78, 5) is 12.7. The van der Waals surface area contributed by atoms with E-state index in [1.54, 1.807) is 31.3 Å². The van der Waals surface area contributed by atoms with Gasteiger partial charge in [-0.2, -0.15) is 10.2 Å². The zero-order chi connectivity index (χ0) is 21.7. The number of carbonyl (C=O) groups excluding carboxylic acids is 1. The van der Waals surface area contributed by atoms with Crippen LogP contribution in [0.5, 0.6) is 0 Å². The molecule has 8 nitrogen and oxygen atoms in total. The third kappa shape index (κ3) is 3.35. The molecule has 156 valence electrons. The van der Waals surface area contributed by atoms with Gasteiger partial charge in [-0.1, -0.05) is 5.16 Å². The summed E-state index contributed by atoms with van der Waals surface area (Å²) in [5, 5.41) is 18.9. The first-order valence-corrected chi connectivity index (χ1v) is 12.2. The van der Waals surface area contributed by atoms with Gasteiger partial charge >= 0.3 is 0 Å². The van der Waals surface area contributed by atoms with Crippen molar-refractivity contribution in [1.82, 2.24) is 25.1 Å². The molecule has 0 radical (unpaired) electrons. The summed E-state index contributed by atoms with van der Waals surface area (Å²) in [7, 11) is 2.94. The number of rotatable bonds is 4. The van der Waals surface area contributed by atoms with Crippen LogP contribution in [0, 0.1) is 11.6 Å². The molecule has 0 saturated carbocycles. The van der Waals surface area contributed by atoms with E-state index in [2.05, 4.69) is 47.0 Å². The van der Waals surface area contributed by atoms with E-state index in [-0.39, 0.29) is 10.9 Å². The van der Waals surface area contributed by atoms with Gasteiger partial charge in [0.05, 0.1) is 22.6 Å². The lowest BCUT2D eigenvalue weighted by molar-refractivity contribution is 0.101. The maximum absolute atomic E-state index is 14.8. The molecule has 0 atom stereocenters. The van der Waals surface area contributed by atoms with Crippen LogP contribution in [0.3, 0.4) is 0 Å². The molecule has 31 heavy (non-hydrogen) atoms. The Morgan fingerprint density at radius 3 is 2.87 bits per heavy atom. The number of hydrogen-bond acceptors (Lipinski definition) is 6. The number of nitrogens with one attached hydrogen (secondary N) is 2. The first-order valence-electron chi connectivity index (χ1n) is 8.81. The number of carbonyl (C=O) groups is 1. The topological polar surface area (TPSA) is 102 Å². The molecule has 0 aliphatic carbocycles. The Morgan fingerprint density at radius 2 is 2.10 bits per heavy atom. The summed E-state index contributed by atoms with van der Waals surface area (Å²) < 4.78 is 35.9. The first-order chi connectivity index (χ1) is 15.0. The minimum absolute atomic E-state index is 0.0663. The quantitative estimate of drug-likeness (QED) is 0.302. The lowest BCUT2D eigenvalue weighted by Gasteiger charge is -2.08. The fourth-order valence-corrected chi connectivity index (χ4v) is 4.16. The second kappa shape index (κ2) is 7.60.